The summed E-state index contributed by atoms with van der Waals surface area (Å²) in [7, 11) is 0. The lowest BCUT2D eigenvalue weighted by atomic mass is 10.3. The summed E-state index contributed by atoms with van der Waals surface area (Å²) < 4.78 is 37.0. The minimum Gasteiger partial charge on any atom is -0.292 e. The van der Waals surface area contributed by atoms with Crippen molar-refractivity contribution in [3.63, 3.8) is 0 Å². The second-order valence-corrected chi connectivity index (χ2v) is 4.23. The zero-order chi connectivity index (χ0) is 10.9. The second-order valence-electron chi connectivity index (χ2n) is 2.47. The van der Waals surface area contributed by atoms with Crippen molar-refractivity contribution in [2.45, 2.75) is 13.1 Å². The third-order valence-corrected chi connectivity index (χ3v) is 2.90. The van der Waals surface area contributed by atoms with E-state index in [-0.39, 0.29) is 15.2 Å². The molecule has 0 aromatic carbocycles. The highest BCUT2D eigenvalue weighted by molar-refractivity contribution is 9.09. The van der Waals surface area contributed by atoms with Crippen molar-refractivity contribution >= 4 is 33.0 Å². The van der Waals surface area contributed by atoms with E-state index in [1.807, 2.05) is 0 Å². The van der Waals surface area contributed by atoms with E-state index in [0.717, 1.165) is 11.3 Å². The normalized spacial score (nSPS) is 11.8. The highest BCUT2D eigenvalue weighted by Crippen LogP contribution is 2.34. The Morgan fingerprint density at radius 3 is 2.57 bits per heavy atom. The molecular weight excluding hydrogens is 283 g/mol. The summed E-state index contributed by atoms with van der Waals surface area (Å²) in [6.45, 7) is 1.44. The molecule has 1 aromatic heterocycles. The Kier molecular flexibility index (Phi) is 3.31. The molecule has 1 heterocycles. The highest BCUT2D eigenvalue weighted by Gasteiger charge is 2.38. The molecule has 0 unspecified atom stereocenters. The van der Waals surface area contributed by atoms with E-state index in [1.54, 1.807) is 0 Å². The van der Waals surface area contributed by atoms with Crippen LogP contribution in [0.15, 0.2) is 0 Å². The summed E-state index contributed by atoms with van der Waals surface area (Å²) in [4.78, 5) is 14.1. The summed E-state index contributed by atoms with van der Waals surface area (Å²) in [5, 5.41) is 0.110. The van der Waals surface area contributed by atoms with Crippen LogP contribution in [-0.4, -0.2) is 16.1 Å². The van der Waals surface area contributed by atoms with E-state index in [9.17, 15) is 18.0 Å². The summed E-state index contributed by atoms with van der Waals surface area (Å²) in [5.41, 5.74) is -1.08. The number of carbonyl (C=O) groups is 1. The fourth-order valence-electron chi connectivity index (χ4n) is 0.869. The van der Waals surface area contributed by atoms with Gasteiger partial charge in [0.1, 0.15) is 4.88 Å². The number of ketones is 1. The van der Waals surface area contributed by atoms with Gasteiger partial charge in [-0.3, -0.25) is 4.79 Å². The molecule has 0 aliphatic carbocycles. The van der Waals surface area contributed by atoms with Crippen molar-refractivity contribution in [2.24, 2.45) is 0 Å². The largest absolute Gasteiger partial charge is 0.434 e. The average molecular weight is 288 g/mol. The summed E-state index contributed by atoms with van der Waals surface area (Å²) >= 11 is 3.59. The standard InChI is InChI=1S/C7H5BrF3NOS/c1-3-12-6(7(9,10)11)5(14-3)4(13)2-8/h2H2,1H3. The third-order valence-electron chi connectivity index (χ3n) is 1.38. The number of hydrogen-bond donors (Lipinski definition) is 0. The van der Waals surface area contributed by atoms with Gasteiger partial charge in [-0.05, 0) is 6.92 Å². The third kappa shape index (κ3) is 2.33. The van der Waals surface area contributed by atoms with E-state index < -0.39 is 17.7 Å². The van der Waals surface area contributed by atoms with Gasteiger partial charge in [-0.25, -0.2) is 4.98 Å². The Hall–Kier alpha value is -0.430. The number of hydrogen-bond acceptors (Lipinski definition) is 3. The number of carbonyl (C=O) groups excluding carboxylic acids is 1. The average Bonchev–Trinajstić information content (AvgIpc) is 2.45. The van der Waals surface area contributed by atoms with Crippen LogP contribution in [0.25, 0.3) is 0 Å². The van der Waals surface area contributed by atoms with Crippen molar-refractivity contribution in [1.82, 2.24) is 4.98 Å². The molecule has 1 rings (SSSR count). The first-order valence-electron chi connectivity index (χ1n) is 3.50. The van der Waals surface area contributed by atoms with Gasteiger partial charge in [0, 0.05) is 0 Å². The molecule has 0 aliphatic heterocycles. The van der Waals surface area contributed by atoms with Crippen LogP contribution >= 0.6 is 27.3 Å². The van der Waals surface area contributed by atoms with Crippen LogP contribution in [0.2, 0.25) is 0 Å². The molecule has 0 N–H and O–H groups in total. The van der Waals surface area contributed by atoms with E-state index in [1.165, 1.54) is 6.92 Å². The van der Waals surface area contributed by atoms with Crippen molar-refractivity contribution in [1.29, 1.82) is 0 Å². The lowest BCUT2D eigenvalue weighted by Crippen LogP contribution is -2.12. The van der Waals surface area contributed by atoms with Crippen molar-refractivity contribution in [3.8, 4) is 0 Å². The van der Waals surface area contributed by atoms with Gasteiger partial charge in [0.05, 0.1) is 10.3 Å². The molecule has 1 aromatic rings. The molecule has 0 fully saturated rings. The molecule has 0 spiro atoms. The molecule has 0 amide bonds. The first kappa shape index (κ1) is 11.6. The Bertz CT molecular complexity index is 360. The van der Waals surface area contributed by atoms with Crippen LogP contribution in [0.1, 0.15) is 20.4 Å². The first-order valence-corrected chi connectivity index (χ1v) is 5.44. The van der Waals surface area contributed by atoms with Crippen LogP contribution in [0.5, 0.6) is 0 Å². The van der Waals surface area contributed by atoms with Gasteiger partial charge in [0.2, 0.25) is 0 Å². The Balaban J connectivity index is 3.23. The molecule has 78 valence electrons. The minimum atomic E-state index is -4.56. The molecule has 0 bridgehead atoms. The van der Waals surface area contributed by atoms with Crippen LogP contribution in [0, 0.1) is 6.92 Å². The van der Waals surface area contributed by atoms with Gasteiger partial charge < -0.3 is 0 Å². The van der Waals surface area contributed by atoms with Crippen molar-refractivity contribution in [2.75, 3.05) is 5.33 Å². The molecule has 0 saturated heterocycles. The zero-order valence-electron chi connectivity index (χ0n) is 6.98. The topological polar surface area (TPSA) is 30.0 Å². The number of nitrogens with zero attached hydrogens (tertiary/aromatic N) is 1. The zero-order valence-corrected chi connectivity index (χ0v) is 9.39. The van der Waals surface area contributed by atoms with Crippen LogP contribution in [0.4, 0.5) is 13.2 Å². The van der Waals surface area contributed by atoms with Gasteiger partial charge in [-0.2, -0.15) is 13.2 Å². The maximum absolute atomic E-state index is 12.3. The van der Waals surface area contributed by atoms with Crippen LogP contribution in [-0.2, 0) is 6.18 Å². The number of thiazole rings is 1. The molecule has 2 nitrogen and oxygen atoms in total. The first-order chi connectivity index (χ1) is 6.36. The predicted octanol–water partition coefficient (Wildman–Crippen LogP) is 3.05. The molecule has 14 heavy (non-hydrogen) atoms. The van der Waals surface area contributed by atoms with Gasteiger partial charge in [-0.1, -0.05) is 15.9 Å². The minimum absolute atomic E-state index is 0.127. The van der Waals surface area contributed by atoms with E-state index >= 15 is 0 Å². The number of Topliss-reactive ketones (excluding diaryl/α,β-unsaturated/α-hetero) is 1. The molecule has 0 saturated carbocycles. The SMILES string of the molecule is Cc1nc(C(F)(F)F)c(C(=O)CBr)s1. The second kappa shape index (κ2) is 3.98. The fraction of sp³-hybridized carbons (Fsp3) is 0.429. The predicted molar refractivity (Wildman–Crippen MR) is 50.0 cm³/mol. The highest BCUT2D eigenvalue weighted by atomic mass is 79.9. The van der Waals surface area contributed by atoms with Gasteiger partial charge in [0.15, 0.2) is 11.5 Å². The van der Waals surface area contributed by atoms with Gasteiger partial charge in [-0.15, -0.1) is 11.3 Å². The maximum Gasteiger partial charge on any atom is 0.434 e. The number of halogens is 4. The number of aromatic nitrogens is 1. The monoisotopic (exact) mass is 287 g/mol. The Labute approximate surface area is 90.3 Å². The van der Waals surface area contributed by atoms with Crippen molar-refractivity contribution in [3.05, 3.63) is 15.6 Å². The number of aryl methyl sites for hydroxylation is 1. The molecule has 0 atom stereocenters. The van der Waals surface area contributed by atoms with E-state index in [2.05, 4.69) is 20.9 Å². The number of rotatable bonds is 2. The van der Waals surface area contributed by atoms with Gasteiger partial charge >= 0.3 is 6.18 Å². The van der Waals surface area contributed by atoms with Gasteiger partial charge in [0.25, 0.3) is 0 Å². The number of alkyl halides is 4. The molecule has 0 aliphatic rings. The fourth-order valence-corrected chi connectivity index (χ4v) is 2.21. The summed E-state index contributed by atoms with van der Waals surface area (Å²) in [6.07, 6.45) is -4.56. The molecular formula is C7H5BrF3NOS. The van der Waals surface area contributed by atoms with Crippen LogP contribution < -0.4 is 0 Å². The van der Waals surface area contributed by atoms with Crippen molar-refractivity contribution < 1.29 is 18.0 Å². The Morgan fingerprint density at radius 2 is 2.14 bits per heavy atom. The van der Waals surface area contributed by atoms with Crippen LogP contribution in [0.3, 0.4) is 0 Å². The summed E-state index contributed by atoms with van der Waals surface area (Å²) in [6, 6.07) is 0. The lowest BCUT2D eigenvalue weighted by molar-refractivity contribution is -0.141. The maximum atomic E-state index is 12.3. The summed E-state index contributed by atoms with van der Waals surface area (Å²) in [5.74, 6) is -0.595. The quantitative estimate of drug-likeness (QED) is 0.618. The molecule has 7 heteroatoms. The Morgan fingerprint density at radius 1 is 1.57 bits per heavy atom. The van der Waals surface area contributed by atoms with E-state index in [0.29, 0.717) is 0 Å². The van der Waals surface area contributed by atoms with E-state index in [4.69, 9.17) is 0 Å². The molecule has 0 radical (unpaired) electrons. The smallest absolute Gasteiger partial charge is 0.292 e. The lowest BCUT2D eigenvalue weighted by Gasteiger charge is -2.03.